The molecular weight excluding hydrogens is 272 g/mol. The molecule has 4 heteroatoms. The molecule has 0 aliphatic carbocycles. The fourth-order valence-electron chi connectivity index (χ4n) is 2.13. The molecule has 0 aliphatic heterocycles. The van der Waals surface area contributed by atoms with Crippen molar-refractivity contribution in [2.45, 2.75) is 6.42 Å². The molecule has 2 aromatic heterocycles. The van der Waals surface area contributed by atoms with Gasteiger partial charge in [-0.3, -0.25) is 14.8 Å². The zero-order valence-corrected chi connectivity index (χ0v) is 11.3. The van der Waals surface area contributed by atoms with Crippen LogP contribution in [0.25, 0.3) is 10.9 Å². The standard InChI is InChI=1S/C16H11ClN2O/c17-12-6-8-19-15(10-12)16(20)9-11-5-7-18-14-4-2-1-3-13(11)14/h1-8,10H,9H2. The third-order valence-electron chi connectivity index (χ3n) is 3.10. The van der Waals surface area contributed by atoms with Crippen LogP contribution in [0.1, 0.15) is 16.1 Å². The number of rotatable bonds is 3. The van der Waals surface area contributed by atoms with Gasteiger partial charge in [0.15, 0.2) is 5.78 Å². The Morgan fingerprint density at radius 1 is 1.05 bits per heavy atom. The molecule has 3 nitrogen and oxygen atoms in total. The van der Waals surface area contributed by atoms with E-state index < -0.39 is 0 Å². The highest BCUT2D eigenvalue weighted by Crippen LogP contribution is 2.18. The number of nitrogens with zero attached hydrogens (tertiary/aromatic N) is 2. The summed E-state index contributed by atoms with van der Waals surface area (Å²) in [6, 6.07) is 12.9. The minimum Gasteiger partial charge on any atom is -0.292 e. The molecule has 0 amide bonds. The maximum Gasteiger partial charge on any atom is 0.185 e. The first-order valence-electron chi connectivity index (χ1n) is 6.21. The molecule has 0 atom stereocenters. The van der Waals surface area contributed by atoms with E-state index in [1.54, 1.807) is 24.5 Å². The van der Waals surface area contributed by atoms with Gasteiger partial charge in [0, 0.05) is 29.2 Å². The fraction of sp³-hybridized carbons (Fsp3) is 0.0625. The molecule has 3 aromatic rings. The number of Topliss-reactive ketones (excluding diaryl/α,β-unsaturated/α-hetero) is 1. The number of fused-ring (bicyclic) bond motifs is 1. The van der Waals surface area contributed by atoms with Gasteiger partial charge < -0.3 is 0 Å². The van der Waals surface area contributed by atoms with Gasteiger partial charge in [0.2, 0.25) is 0 Å². The molecule has 98 valence electrons. The molecular formula is C16H11ClN2O. The van der Waals surface area contributed by atoms with Gasteiger partial charge >= 0.3 is 0 Å². The van der Waals surface area contributed by atoms with Crippen LogP contribution in [0, 0.1) is 0 Å². The number of pyridine rings is 2. The van der Waals surface area contributed by atoms with Crippen LogP contribution < -0.4 is 0 Å². The minimum atomic E-state index is -0.0520. The van der Waals surface area contributed by atoms with Crippen molar-refractivity contribution in [2.75, 3.05) is 0 Å². The highest BCUT2D eigenvalue weighted by molar-refractivity contribution is 6.30. The first kappa shape index (κ1) is 12.8. The van der Waals surface area contributed by atoms with Crippen LogP contribution in [0.15, 0.2) is 54.9 Å². The van der Waals surface area contributed by atoms with Crippen LogP contribution in [-0.2, 0) is 6.42 Å². The Morgan fingerprint density at radius 3 is 2.70 bits per heavy atom. The Kier molecular flexibility index (Phi) is 3.44. The van der Waals surface area contributed by atoms with Gasteiger partial charge in [-0.25, -0.2) is 0 Å². The Hall–Kier alpha value is -2.26. The SMILES string of the molecule is O=C(Cc1ccnc2ccccc12)c1cc(Cl)ccn1. The van der Waals surface area contributed by atoms with Gasteiger partial charge in [-0.1, -0.05) is 29.8 Å². The van der Waals surface area contributed by atoms with Gasteiger partial charge in [-0.2, -0.15) is 0 Å². The molecule has 3 rings (SSSR count). The normalized spacial score (nSPS) is 10.7. The molecule has 0 saturated heterocycles. The van der Waals surface area contributed by atoms with Crippen molar-refractivity contribution in [3.63, 3.8) is 0 Å². The second-order valence-electron chi connectivity index (χ2n) is 4.45. The summed E-state index contributed by atoms with van der Waals surface area (Å²) in [7, 11) is 0. The minimum absolute atomic E-state index is 0.0520. The van der Waals surface area contributed by atoms with Crippen molar-refractivity contribution in [1.82, 2.24) is 9.97 Å². The topological polar surface area (TPSA) is 42.9 Å². The average molecular weight is 283 g/mol. The lowest BCUT2D eigenvalue weighted by Gasteiger charge is -2.05. The van der Waals surface area contributed by atoms with Crippen molar-refractivity contribution in [3.05, 3.63) is 71.1 Å². The molecule has 0 unspecified atom stereocenters. The number of benzene rings is 1. The van der Waals surface area contributed by atoms with E-state index in [0.717, 1.165) is 16.5 Å². The van der Waals surface area contributed by atoms with Gasteiger partial charge in [-0.15, -0.1) is 0 Å². The van der Waals surface area contributed by atoms with Gasteiger partial charge in [0.05, 0.1) is 5.52 Å². The monoisotopic (exact) mass is 282 g/mol. The van der Waals surface area contributed by atoms with Crippen LogP contribution >= 0.6 is 11.6 Å². The molecule has 2 heterocycles. The fourth-order valence-corrected chi connectivity index (χ4v) is 2.29. The number of carbonyl (C=O) groups is 1. The lowest BCUT2D eigenvalue weighted by Crippen LogP contribution is -2.06. The maximum atomic E-state index is 12.3. The predicted molar refractivity (Wildman–Crippen MR) is 79.0 cm³/mol. The summed E-state index contributed by atoms with van der Waals surface area (Å²) < 4.78 is 0. The van der Waals surface area contributed by atoms with Crippen molar-refractivity contribution < 1.29 is 4.79 Å². The molecule has 0 radical (unpaired) electrons. The number of ketones is 1. The van der Waals surface area contributed by atoms with Gasteiger partial charge in [0.1, 0.15) is 5.69 Å². The number of aromatic nitrogens is 2. The molecule has 0 saturated carbocycles. The second-order valence-corrected chi connectivity index (χ2v) is 4.88. The highest BCUT2D eigenvalue weighted by atomic mass is 35.5. The van der Waals surface area contributed by atoms with Crippen molar-refractivity contribution in [3.8, 4) is 0 Å². The molecule has 0 aliphatic rings. The van der Waals surface area contributed by atoms with E-state index in [2.05, 4.69) is 9.97 Å². The van der Waals surface area contributed by atoms with E-state index in [1.807, 2.05) is 30.3 Å². The zero-order valence-electron chi connectivity index (χ0n) is 10.6. The Balaban J connectivity index is 1.95. The maximum absolute atomic E-state index is 12.3. The van der Waals surface area contributed by atoms with Crippen LogP contribution in [0.4, 0.5) is 0 Å². The second kappa shape index (κ2) is 5.39. The first-order valence-corrected chi connectivity index (χ1v) is 6.59. The Morgan fingerprint density at radius 2 is 1.85 bits per heavy atom. The lowest BCUT2D eigenvalue weighted by molar-refractivity contribution is 0.0988. The van der Waals surface area contributed by atoms with E-state index in [-0.39, 0.29) is 12.2 Å². The van der Waals surface area contributed by atoms with Crippen LogP contribution in [0.2, 0.25) is 5.02 Å². The van der Waals surface area contributed by atoms with E-state index >= 15 is 0 Å². The average Bonchev–Trinajstić information content (AvgIpc) is 2.47. The van der Waals surface area contributed by atoms with Crippen LogP contribution in [0.5, 0.6) is 0 Å². The van der Waals surface area contributed by atoms with Crippen LogP contribution in [-0.4, -0.2) is 15.8 Å². The molecule has 0 spiro atoms. The van der Waals surface area contributed by atoms with E-state index in [1.165, 1.54) is 0 Å². The zero-order chi connectivity index (χ0) is 13.9. The summed E-state index contributed by atoms with van der Waals surface area (Å²) in [5.41, 5.74) is 2.22. The van der Waals surface area contributed by atoms with Crippen molar-refractivity contribution in [1.29, 1.82) is 0 Å². The number of para-hydroxylation sites is 1. The third-order valence-corrected chi connectivity index (χ3v) is 3.33. The van der Waals surface area contributed by atoms with Crippen molar-refractivity contribution in [2.24, 2.45) is 0 Å². The smallest absolute Gasteiger partial charge is 0.185 e. The highest BCUT2D eigenvalue weighted by Gasteiger charge is 2.11. The largest absolute Gasteiger partial charge is 0.292 e. The number of halogens is 1. The number of hydrogen-bond acceptors (Lipinski definition) is 3. The Bertz CT molecular complexity index is 781. The molecule has 0 bridgehead atoms. The Labute approximate surface area is 121 Å². The summed E-state index contributed by atoms with van der Waals surface area (Å²) in [6.45, 7) is 0. The van der Waals surface area contributed by atoms with Gasteiger partial charge in [-0.05, 0) is 29.8 Å². The number of carbonyl (C=O) groups excluding carboxylic acids is 1. The summed E-state index contributed by atoms with van der Waals surface area (Å²) in [6.07, 6.45) is 3.55. The summed E-state index contributed by atoms with van der Waals surface area (Å²) in [4.78, 5) is 20.6. The number of hydrogen-bond donors (Lipinski definition) is 0. The molecule has 1 aromatic carbocycles. The van der Waals surface area contributed by atoms with Crippen molar-refractivity contribution >= 4 is 28.3 Å². The van der Waals surface area contributed by atoms with Gasteiger partial charge in [0.25, 0.3) is 0 Å². The summed E-state index contributed by atoms with van der Waals surface area (Å²) in [5.74, 6) is -0.0520. The summed E-state index contributed by atoms with van der Waals surface area (Å²) >= 11 is 5.88. The van der Waals surface area contributed by atoms with E-state index in [9.17, 15) is 4.79 Å². The molecule has 0 fully saturated rings. The van der Waals surface area contributed by atoms with Crippen LogP contribution in [0.3, 0.4) is 0 Å². The van der Waals surface area contributed by atoms with E-state index in [4.69, 9.17) is 11.6 Å². The predicted octanol–water partition coefficient (Wildman–Crippen LogP) is 3.71. The molecule has 20 heavy (non-hydrogen) atoms. The quantitative estimate of drug-likeness (QED) is 0.688. The van der Waals surface area contributed by atoms with E-state index in [0.29, 0.717) is 10.7 Å². The lowest BCUT2D eigenvalue weighted by atomic mass is 10.0. The third kappa shape index (κ3) is 2.53. The first-order chi connectivity index (χ1) is 9.74. The molecule has 0 N–H and O–H groups in total. The summed E-state index contributed by atoms with van der Waals surface area (Å²) in [5, 5.41) is 1.51.